The molecule has 1 aromatic rings. The lowest BCUT2D eigenvalue weighted by Crippen LogP contribution is -2.40. The van der Waals surface area contributed by atoms with Crippen LogP contribution in [0.15, 0.2) is 18.2 Å². The normalized spacial score (nSPS) is 16.5. The van der Waals surface area contributed by atoms with Gasteiger partial charge in [-0.1, -0.05) is 12.8 Å². The molecule has 0 radical (unpaired) electrons. The van der Waals surface area contributed by atoms with Crippen molar-refractivity contribution in [1.82, 2.24) is 5.32 Å². The summed E-state index contributed by atoms with van der Waals surface area (Å²) in [7, 11) is 0. The summed E-state index contributed by atoms with van der Waals surface area (Å²) in [4.78, 5) is 23.6. The van der Waals surface area contributed by atoms with Crippen LogP contribution >= 0.6 is 0 Å². The highest BCUT2D eigenvalue weighted by Crippen LogP contribution is 2.18. The fraction of sp³-hybridized carbons (Fsp3) is 0.467. The van der Waals surface area contributed by atoms with Gasteiger partial charge in [0.25, 0.3) is 5.91 Å². The first-order chi connectivity index (χ1) is 9.95. The largest absolute Gasteiger partial charge is 0.449 e. The standard InChI is InChI=1S/C15H17F2NO3/c1-9(14(19)18-13-4-2-3-5-13)21-15(20)10-6-11(16)8-12(17)7-10/h6-9,13H,2-5H2,1H3,(H,18,19). The van der Waals surface area contributed by atoms with E-state index in [0.717, 1.165) is 37.8 Å². The summed E-state index contributed by atoms with van der Waals surface area (Å²) in [5.74, 6) is -3.07. The van der Waals surface area contributed by atoms with Crippen LogP contribution in [0.1, 0.15) is 43.0 Å². The van der Waals surface area contributed by atoms with Crippen LogP contribution < -0.4 is 5.32 Å². The van der Waals surface area contributed by atoms with Crippen molar-refractivity contribution in [2.75, 3.05) is 0 Å². The van der Waals surface area contributed by atoms with Gasteiger partial charge in [-0.15, -0.1) is 0 Å². The first-order valence-electron chi connectivity index (χ1n) is 6.93. The minimum absolute atomic E-state index is 0.116. The van der Waals surface area contributed by atoms with Crippen LogP contribution in [-0.2, 0) is 9.53 Å². The maximum Gasteiger partial charge on any atom is 0.339 e. The lowest BCUT2D eigenvalue weighted by Gasteiger charge is -2.17. The molecule has 0 spiro atoms. The van der Waals surface area contributed by atoms with Crippen LogP contribution in [0.25, 0.3) is 0 Å². The predicted octanol–water partition coefficient (Wildman–Crippen LogP) is 2.57. The van der Waals surface area contributed by atoms with Crippen molar-refractivity contribution >= 4 is 11.9 Å². The topological polar surface area (TPSA) is 55.4 Å². The van der Waals surface area contributed by atoms with Gasteiger partial charge in [0.2, 0.25) is 0 Å². The van der Waals surface area contributed by atoms with E-state index in [4.69, 9.17) is 4.74 Å². The highest BCUT2D eigenvalue weighted by Gasteiger charge is 2.23. The lowest BCUT2D eigenvalue weighted by molar-refractivity contribution is -0.129. The Morgan fingerprint density at radius 3 is 2.33 bits per heavy atom. The lowest BCUT2D eigenvalue weighted by atomic mass is 10.2. The number of carbonyl (C=O) groups excluding carboxylic acids is 2. The Kier molecular flexibility index (Phi) is 4.88. The molecule has 114 valence electrons. The molecule has 1 atom stereocenters. The molecular formula is C15H17F2NO3. The summed E-state index contributed by atoms with van der Waals surface area (Å²) in [6, 6.07) is 2.51. The van der Waals surface area contributed by atoms with E-state index in [2.05, 4.69) is 5.32 Å². The van der Waals surface area contributed by atoms with E-state index in [1.807, 2.05) is 0 Å². The van der Waals surface area contributed by atoms with E-state index >= 15 is 0 Å². The number of ether oxygens (including phenoxy) is 1. The predicted molar refractivity (Wildman–Crippen MR) is 71.6 cm³/mol. The number of halogens is 2. The van der Waals surface area contributed by atoms with Crippen LogP contribution in [0.5, 0.6) is 0 Å². The monoisotopic (exact) mass is 297 g/mol. The number of nitrogens with one attached hydrogen (secondary N) is 1. The molecule has 1 unspecified atom stereocenters. The number of carbonyl (C=O) groups is 2. The van der Waals surface area contributed by atoms with Gasteiger partial charge < -0.3 is 10.1 Å². The molecule has 0 bridgehead atoms. The molecule has 1 saturated carbocycles. The molecule has 1 aliphatic carbocycles. The number of benzene rings is 1. The van der Waals surface area contributed by atoms with Gasteiger partial charge in [0.05, 0.1) is 5.56 Å². The molecule has 0 saturated heterocycles. The van der Waals surface area contributed by atoms with Crippen LogP contribution in [0.4, 0.5) is 8.78 Å². The van der Waals surface area contributed by atoms with Gasteiger partial charge in [0.15, 0.2) is 6.10 Å². The zero-order valence-electron chi connectivity index (χ0n) is 11.7. The highest BCUT2D eigenvalue weighted by molar-refractivity contribution is 5.92. The van der Waals surface area contributed by atoms with Gasteiger partial charge in [-0.05, 0) is 31.9 Å². The molecule has 1 aromatic carbocycles. The van der Waals surface area contributed by atoms with Crippen molar-refractivity contribution in [3.8, 4) is 0 Å². The molecular weight excluding hydrogens is 280 g/mol. The van der Waals surface area contributed by atoms with E-state index in [1.54, 1.807) is 0 Å². The minimum Gasteiger partial charge on any atom is -0.449 e. The number of rotatable bonds is 4. The fourth-order valence-electron chi connectivity index (χ4n) is 2.34. The zero-order chi connectivity index (χ0) is 15.4. The highest BCUT2D eigenvalue weighted by atomic mass is 19.1. The van der Waals surface area contributed by atoms with Gasteiger partial charge in [0, 0.05) is 12.1 Å². The third kappa shape index (κ3) is 4.24. The van der Waals surface area contributed by atoms with Crippen molar-refractivity contribution in [2.45, 2.75) is 44.8 Å². The van der Waals surface area contributed by atoms with Crippen molar-refractivity contribution in [2.24, 2.45) is 0 Å². The summed E-state index contributed by atoms with van der Waals surface area (Å²) in [5.41, 5.74) is -0.256. The summed E-state index contributed by atoms with van der Waals surface area (Å²) in [6.07, 6.45) is 2.97. The van der Waals surface area contributed by atoms with Crippen LogP contribution in [0, 0.1) is 11.6 Å². The second kappa shape index (κ2) is 6.65. The number of hydrogen-bond donors (Lipinski definition) is 1. The second-order valence-electron chi connectivity index (χ2n) is 5.20. The Labute approximate surface area is 121 Å². The Balaban J connectivity index is 1.93. The molecule has 0 aliphatic heterocycles. The molecule has 1 N–H and O–H groups in total. The van der Waals surface area contributed by atoms with Gasteiger partial charge in [-0.2, -0.15) is 0 Å². The molecule has 4 nitrogen and oxygen atoms in total. The third-order valence-electron chi connectivity index (χ3n) is 3.45. The van der Waals surface area contributed by atoms with Crippen LogP contribution in [-0.4, -0.2) is 24.0 Å². The van der Waals surface area contributed by atoms with Crippen molar-refractivity contribution < 1.29 is 23.1 Å². The molecule has 1 amide bonds. The Hall–Kier alpha value is -1.98. The van der Waals surface area contributed by atoms with Gasteiger partial charge >= 0.3 is 5.97 Å². The second-order valence-corrected chi connectivity index (χ2v) is 5.20. The molecule has 1 fully saturated rings. The van der Waals surface area contributed by atoms with Crippen LogP contribution in [0.2, 0.25) is 0 Å². The fourth-order valence-corrected chi connectivity index (χ4v) is 2.34. The Morgan fingerprint density at radius 2 is 1.76 bits per heavy atom. The molecule has 0 heterocycles. The quantitative estimate of drug-likeness (QED) is 0.869. The maximum absolute atomic E-state index is 13.0. The summed E-state index contributed by atoms with van der Waals surface area (Å²) >= 11 is 0. The summed E-state index contributed by atoms with van der Waals surface area (Å²) in [5, 5.41) is 2.79. The van der Waals surface area contributed by atoms with E-state index in [1.165, 1.54) is 6.92 Å². The smallest absolute Gasteiger partial charge is 0.339 e. The first kappa shape index (κ1) is 15.4. The summed E-state index contributed by atoms with van der Waals surface area (Å²) in [6.45, 7) is 1.43. The number of esters is 1. The Bertz CT molecular complexity index is 521. The molecule has 2 rings (SSSR count). The van der Waals surface area contributed by atoms with Crippen molar-refractivity contribution in [3.63, 3.8) is 0 Å². The number of hydrogen-bond acceptors (Lipinski definition) is 3. The SMILES string of the molecule is CC(OC(=O)c1cc(F)cc(F)c1)C(=O)NC1CCCC1. The zero-order valence-corrected chi connectivity index (χ0v) is 11.7. The molecule has 1 aliphatic rings. The number of amides is 1. The van der Waals surface area contributed by atoms with Crippen molar-refractivity contribution in [1.29, 1.82) is 0 Å². The maximum atomic E-state index is 13.0. The molecule has 6 heteroatoms. The average molecular weight is 297 g/mol. The average Bonchev–Trinajstić information content (AvgIpc) is 2.90. The van der Waals surface area contributed by atoms with Gasteiger partial charge in [0.1, 0.15) is 11.6 Å². The molecule has 21 heavy (non-hydrogen) atoms. The van der Waals surface area contributed by atoms with E-state index in [-0.39, 0.29) is 11.6 Å². The first-order valence-corrected chi connectivity index (χ1v) is 6.93. The van der Waals surface area contributed by atoms with E-state index in [9.17, 15) is 18.4 Å². The molecule has 0 aromatic heterocycles. The van der Waals surface area contributed by atoms with E-state index in [0.29, 0.717) is 6.07 Å². The van der Waals surface area contributed by atoms with Gasteiger partial charge in [-0.3, -0.25) is 4.79 Å². The summed E-state index contributed by atoms with van der Waals surface area (Å²) < 4.78 is 31.0. The minimum atomic E-state index is -1.01. The van der Waals surface area contributed by atoms with Crippen molar-refractivity contribution in [3.05, 3.63) is 35.4 Å². The van der Waals surface area contributed by atoms with Crippen LogP contribution in [0.3, 0.4) is 0 Å². The van der Waals surface area contributed by atoms with E-state index < -0.39 is 29.6 Å². The Morgan fingerprint density at radius 1 is 1.19 bits per heavy atom. The third-order valence-corrected chi connectivity index (χ3v) is 3.45. The van der Waals surface area contributed by atoms with Gasteiger partial charge in [-0.25, -0.2) is 13.6 Å².